The molecule has 4 nitrogen and oxygen atoms in total. The quantitative estimate of drug-likeness (QED) is 0.648. The number of rotatable bonds is 8. The van der Waals surface area contributed by atoms with Gasteiger partial charge in [-0.3, -0.25) is 0 Å². The van der Waals surface area contributed by atoms with E-state index in [2.05, 4.69) is 5.32 Å². The van der Waals surface area contributed by atoms with E-state index in [1.54, 1.807) is 0 Å². The van der Waals surface area contributed by atoms with Crippen LogP contribution in [0.25, 0.3) is 0 Å². The molecule has 1 rings (SSSR count). The lowest BCUT2D eigenvalue weighted by Gasteiger charge is -2.16. The highest BCUT2D eigenvalue weighted by Gasteiger charge is 2.07. The van der Waals surface area contributed by atoms with E-state index in [4.69, 9.17) is 9.84 Å². The second kappa shape index (κ2) is 8.02. The molecule has 0 spiro atoms. The van der Waals surface area contributed by atoms with Crippen LogP contribution in [-0.2, 0) is 0 Å². The maximum absolute atomic E-state index is 12.6. The molecule has 0 saturated carbocycles. The average Bonchev–Trinajstić information content (AvgIpc) is 2.36. The van der Waals surface area contributed by atoms with Gasteiger partial charge in [-0.1, -0.05) is 0 Å². The molecule has 0 aromatic heterocycles. The molecule has 0 fully saturated rings. The standard InChI is InChI=1S/C13H20FNO3/c1-10(6-7-16)15-8-12(17)9-18-13-4-2-11(14)3-5-13/h2-5,10,12,15-17H,6-9H2,1H3. The fraction of sp³-hybridized carbons (Fsp3) is 0.538. The first-order valence-corrected chi connectivity index (χ1v) is 6.02. The monoisotopic (exact) mass is 257 g/mol. The maximum Gasteiger partial charge on any atom is 0.123 e. The summed E-state index contributed by atoms with van der Waals surface area (Å²) in [6.45, 7) is 2.59. The van der Waals surface area contributed by atoms with Crippen molar-refractivity contribution < 1.29 is 19.3 Å². The maximum atomic E-state index is 12.6. The lowest BCUT2D eigenvalue weighted by Crippen LogP contribution is -2.37. The van der Waals surface area contributed by atoms with Crippen LogP contribution in [0.2, 0.25) is 0 Å². The van der Waals surface area contributed by atoms with Crippen molar-refractivity contribution in [2.75, 3.05) is 19.8 Å². The van der Waals surface area contributed by atoms with Gasteiger partial charge in [0.05, 0.1) is 0 Å². The largest absolute Gasteiger partial charge is 0.491 e. The Bertz CT molecular complexity index is 332. The van der Waals surface area contributed by atoms with Crippen LogP contribution in [0.3, 0.4) is 0 Å². The third-order valence-corrected chi connectivity index (χ3v) is 2.52. The minimum absolute atomic E-state index is 0.121. The van der Waals surface area contributed by atoms with Crippen molar-refractivity contribution in [2.45, 2.75) is 25.5 Å². The highest BCUT2D eigenvalue weighted by Crippen LogP contribution is 2.11. The van der Waals surface area contributed by atoms with Crippen LogP contribution in [0.1, 0.15) is 13.3 Å². The molecular formula is C13H20FNO3. The van der Waals surface area contributed by atoms with Gasteiger partial charge in [-0.05, 0) is 37.6 Å². The zero-order valence-electron chi connectivity index (χ0n) is 10.5. The minimum atomic E-state index is -0.642. The molecule has 5 heteroatoms. The summed E-state index contributed by atoms with van der Waals surface area (Å²) >= 11 is 0. The Hall–Kier alpha value is -1.17. The zero-order valence-corrected chi connectivity index (χ0v) is 10.5. The molecule has 0 aliphatic heterocycles. The number of halogens is 1. The smallest absolute Gasteiger partial charge is 0.123 e. The Morgan fingerprint density at radius 3 is 2.61 bits per heavy atom. The second-order valence-corrected chi connectivity index (χ2v) is 4.24. The Kier molecular flexibility index (Phi) is 6.64. The number of ether oxygens (including phenoxy) is 1. The third-order valence-electron chi connectivity index (χ3n) is 2.52. The molecule has 1 aromatic rings. The predicted molar refractivity (Wildman–Crippen MR) is 67.1 cm³/mol. The van der Waals surface area contributed by atoms with E-state index in [1.165, 1.54) is 24.3 Å². The molecule has 2 unspecified atom stereocenters. The van der Waals surface area contributed by atoms with Crippen molar-refractivity contribution >= 4 is 0 Å². The van der Waals surface area contributed by atoms with E-state index in [9.17, 15) is 9.50 Å². The zero-order chi connectivity index (χ0) is 13.4. The van der Waals surface area contributed by atoms with Gasteiger partial charge in [0.2, 0.25) is 0 Å². The van der Waals surface area contributed by atoms with Gasteiger partial charge in [0, 0.05) is 19.2 Å². The van der Waals surface area contributed by atoms with E-state index >= 15 is 0 Å². The Labute approximate surface area is 106 Å². The summed E-state index contributed by atoms with van der Waals surface area (Å²) in [4.78, 5) is 0. The molecule has 1 aromatic carbocycles. The van der Waals surface area contributed by atoms with Crippen LogP contribution < -0.4 is 10.1 Å². The van der Waals surface area contributed by atoms with Crippen LogP contribution >= 0.6 is 0 Å². The van der Waals surface area contributed by atoms with Gasteiger partial charge >= 0.3 is 0 Å². The van der Waals surface area contributed by atoms with Crippen LogP contribution in [0.4, 0.5) is 4.39 Å². The lowest BCUT2D eigenvalue weighted by atomic mass is 10.2. The molecule has 0 bridgehead atoms. The summed E-state index contributed by atoms with van der Waals surface area (Å²) in [6.07, 6.45) is 0.00197. The van der Waals surface area contributed by atoms with Crippen LogP contribution in [0, 0.1) is 5.82 Å². The number of benzene rings is 1. The first-order chi connectivity index (χ1) is 8.61. The van der Waals surface area contributed by atoms with E-state index in [-0.39, 0.29) is 25.1 Å². The molecule has 0 aliphatic carbocycles. The van der Waals surface area contributed by atoms with E-state index in [1.807, 2.05) is 6.92 Å². The molecular weight excluding hydrogens is 237 g/mol. The highest BCUT2D eigenvalue weighted by molar-refractivity contribution is 5.22. The number of hydrogen-bond donors (Lipinski definition) is 3. The first-order valence-electron chi connectivity index (χ1n) is 6.02. The van der Waals surface area contributed by atoms with Crippen LogP contribution in [-0.4, -0.2) is 42.1 Å². The summed E-state index contributed by atoms with van der Waals surface area (Å²) in [5.74, 6) is 0.209. The van der Waals surface area contributed by atoms with Crippen LogP contribution in [0.5, 0.6) is 5.75 Å². The Morgan fingerprint density at radius 1 is 1.33 bits per heavy atom. The summed E-state index contributed by atoms with van der Waals surface area (Å²) in [5, 5.41) is 21.5. The van der Waals surface area contributed by atoms with E-state index in [0.717, 1.165) is 0 Å². The first kappa shape index (κ1) is 14.9. The fourth-order valence-electron chi connectivity index (χ4n) is 1.42. The lowest BCUT2D eigenvalue weighted by molar-refractivity contribution is 0.103. The molecule has 3 N–H and O–H groups in total. The minimum Gasteiger partial charge on any atom is -0.491 e. The van der Waals surface area contributed by atoms with Gasteiger partial charge in [0.15, 0.2) is 0 Å². The van der Waals surface area contributed by atoms with E-state index in [0.29, 0.717) is 18.7 Å². The SMILES string of the molecule is CC(CCO)NCC(O)COc1ccc(F)cc1. The van der Waals surface area contributed by atoms with Crippen molar-refractivity contribution in [1.29, 1.82) is 0 Å². The normalized spacial score (nSPS) is 14.2. The Balaban J connectivity index is 2.20. The number of nitrogens with one attached hydrogen (secondary N) is 1. The summed E-state index contributed by atoms with van der Waals surface area (Å²) in [6, 6.07) is 5.80. The number of aliphatic hydroxyl groups excluding tert-OH is 2. The third kappa shape index (κ3) is 5.95. The van der Waals surface area contributed by atoms with Gasteiger partial charge in [-0.15, -0.1) is 0 Å². The van der Waals surface area contributed by atoms with Crippen molar-refractivity contribution in [2.24, 2.45) is 0 Å². The van der Waals surface area contributed by atoms with Gasteiger partial charge in [0.1, 0.15) is 24.3 Å². The molecule has 0 heterocycles. The fourth-order valence-corrected chi connectivity index (χ4v) is 1.42. The molecule has 2 atom stereocenters. The topological polar surface area (TPSA) is 61.7 Å². The second-order valence-electron chi connectivity index (χ2n) is 4.24. The summed E-state index contributed by atoms with van der Waals surface area (Å²) < 4.78 is 17.9. The van der Waals surface area contributed by atoms with Gasteiger partial charge in [-0.2, -0.15) is 0 Å². The molecule has 0 radical (unpaired) electrons. The number of aliphatic hydroxyl groups is 2. The van der Waals surface area contributed by atoms with Crippen LogP contribution in [0.15, 0.2) is 24.3 Å². The Morgan fingerprint density at radius 2 is 2.00 bits per heavy atom. The summed E-state index contributed by atoms with van der Waals surface area (Å²) in [5.41, 5.74) is 0. The molecule has 18 heavy (non-hydrogen) atoms. The summed E-state index contributed by atoms with van der Waals surface area (Å²) in [7, 11) is 0. The average molecular weight is 257 g/mol. The highest BCUT2D eigenvalue weighted by atomic mass is 19.1. The molecule has 0 aliphatic rings. The van der Waals surface area contributed by atoms with Crippen molar-refractivity contribution in [1.82, 2.24) is 5.32 Å². The molecule has 102 valence electrons. The molecule has 0 saturated heterocycles. The van der Waals surface area contributed by atoms with Gasteiger partial charge < -0.3 is 20.3 Å². The number of hydrogen-bond acceptors (Lipinski definition) is 4. The van der Waals surface area contributed by atoms with Crippen molar-refractivity contribution in [3.63, 3.8) is 0 Å². The van der Waals surface area contributed by atoms with Crippen molar-refractivity contribution in [3.05, 3.63) is 30.1 Å². The molecule has 0 amide bonds. The van der Waals surface area contributed by atoms with E-state index < -0.39 is 6.10 Å². The van der Waals surface area contributed by atoms with Crippen molar-refractivity contribution in [3.8, 4) is 5.75 Å². The van der Waals surface area contributed by atoms with Gasteiger partial charge in [-0.25, -0.2) is 4.39 Å². The van der Waals surface area contributed by atoms with Gasteiger partial charge in [0.25, 0.3) is 0 Å². The predicted octanol–water partition coefficient (Wildman–Crippen LogP) is 0.926.